The fraction of sp³-hybridized carbons (Fsp3) is 0.130. The van der Waals surface area contributed by atoms with Gasteiger partial charge in [0.15, 0.2) is 0 Å². The highest BCUT2D eigenvalue weighted by atomic mass is 19.1. The lowest BCUT2D eigenvalue weighted by molar-refractivity contribution is 0.249. The van der Waals surface area contributed by atoms with Crippen LogP contribution in [0.3, 0.4) is 0 Å². The van der Waals surface area contributed by atoms with E-state index in [1.165, 1.54) is 24.4 Å². The Balaban J connectivity index is 1.45. The Morgan fingerprint density at radius 2 is 1.94 bits per heavy atom. The number of aryl methyl sites for hydroxylation is 1. The topological polar surface area (TPSA) is 122 Å². The molecule has 0 aliphatic carbocycles. The molecule has 1 unspecified atom stereocenters. The van der Waals surface area contributed by atoms with E-state index in [2.05, 4.69) is 20.7 Å². The molecule has 2 heterocycles. The fourth-order valence-corrected chi connectivity index (χ4v) is 3.39. The zero-order valence-corrected chi connectivity index (χ0v) is 17.6. The van der Waals surface area contributed by atoms with Crippen LogP contribution in [0.4, 0.5) is 20.7 Å². The average molecular weight is 431 g/mol. The molecule has 0 fully saturated rings. The molecule has 2 amide bonds. The van der Waals surface area contributed by atoms with Gasteiger partial charge in [-0.05, 0) is 36.8 Å². The second-order valence-corrected chi connectivity index (χ2v) is 7.48. The number of anilines is 2. The van der Waals surface area contributed by atoms with Gasteiger partial charge in [0, 0.05) is 47.7 Å². The maximum Gasteiger partial charge on any atom is 0.320 e. The van der Waals surface area contributed by atoms with E-state index in [9.17, 15) is 9.18 Å². The van der Waals surface area contributed by atoms with E-state index in [1.54, 1.807) is 23.7 Å². The van der Waals surface area contributed by atoms with Crippen molar-refractivity contribution in [1.29, 1.82) is 5.41 Å². The van der Waals surface area contributed by atoms with Gasteiger partial charge >= 0.3 is 6.03 Å². The van der Waals surface area contributed by atoms with Crippen molar-refractivity contribution in [3.05, 3.63) is 83.4 Å². The van der Waals surface area contributed by atoms with Crippen LogP contribution in [-0.4, -0.2) is 26.5 Å². The van der Waals surface area contributed by atoms with Gasteiger partial charge < -0.3 is 11.1 Å². The number of nitrogens with one attached hydrogen (secondary N) is 3. The van der Waals surface area contributed by atoms with Crippen LogP contribution in [0, 0.1) is 11.2 Å². The lowest BCUT2D eigenvalue weighted by Gasteiger charge is -2.15. The first-order valence-corrected chi connectivity index (χ1v) is 9.91. The zero-order chi connectivity index (χ0) is 22.8. The number of amides is 2. The SMILES string of the molecule is CC(NC(=O)Nc1cc(N)c(C(=N)c2ccc3nn(C)cc3c2)cn1)c1ccc(F)cc1. The van der Waals surface area contributed by atoms with Crippen LogP contribution in [0.15, 0.2) is 60.9 Å². The number of halogens is 1. The number of pyridine rings is 1. The van der Waals surface area contributed by atoms with Gasteiger partial charge in [-0.25, -0.2) is 14.2 Å². The maximum absolute atomic E-state index is 13.1. The number of rotatable bonds is 5. The molecule has 4 aromatic rings. The lowest BCUT2D eigenvalue weighted by Crippen LogP contribution is -2.31. The molecule has 0 aliphatic rings. The second-order valence-electron chi connectivity index (χ2n) is 7.48. The third-order valence-corrected chi connectivity index (χ3v) is 5.07. The molecule has 5 N–H and O–H groups in total. The molecule has 4 rings (SSSR count). The largest absolute Gasteiger partial charge is 0.398 e. The summed E-state index contributed by atoms with van der Waals surface area (Å²) >= 11 is 0. The number of urea groups is 1. The van der Waals surface area contributed by atoms with Crippen LogP contribution in [0.1, 0.15) is 29.7 Å². The molecule has 2 aromatic carbocycles. The van der Waals surface area contributed by atoms with Crippen LogP contribution in [0.2, 0.25) is 0 Å². The molecule has 0 saturated heterocycles. The monoisotopic (exact) mass is 431 g/mol. The summed E-state index contributed by atoms with van der Waals surface area (Å²) in [7, 11) is 1.84. The fourth-order valence-electron chi connectivity index (χ4n) is 3.39. The van der Waals surface area contributed by atoms with E-state index in [-0.39, 0.29) is 23.4 Å². The van der Waals surface area contributed by atoms with Crippen LogP contribution in [0.5, 0.6) is 0 Å². The summed E-state index contributed by atoms with van der Waals surface area (Å²) in [4.78, 5) is 16.5. The predicted octanol–water partition coefficient (Wildman–Crippen LogP) is 3.99. The van der Waals surface area contributed by atoms with Crippen molar-refractivity contribution in [3.63, 3.8) is 0 Å². The molecule has 32 heavy (non-hydrogen) atoms. The van der Waals surface area contributed by atoms with E-state index in [1.807, 2.05) is 31.4 Å². The first kappa shape index (κ1) is 21.0. The number of nitrogens with two attached hydrogens (primary N) is 1. The Morgan fingerprint density at radius 1 is 1.19 bits per heavy atom. The van der Waals surface area contributed by atoms with Gasteiger partial charge in [0.25, 0.3) is 0 Å². The molecular weight excluding hydrogens is 409 g/mol. The summed E-state index contributed by atoms with van der Waals surface area (Å²) in [5.41, 5.74) is 9.45. The van der Waals surface area contributed by atoms with E-state index < -0.39 is 6.03 Å². The van der Waals surface area contributed by atoms with E-state index >= 15 is 0 Å². The van der Waals surface area contributed by atoms with Crippen LogP contribution >= 0.6 is 0 Å². The predicted molar refractivity (Wildman–Crippen MR) is 122 cm³/mol. The van der Waals surface area contributed by atoms with Gasteiger partial charge in [-0.2, -0.15) is 5.10 Å². The van der Waals surface area contributed by atoms with E-state index in [0.717, 1.165) is 16.5 Å². The summed E-state index contributed by atoms with van der Waals surface area (Å²) in [6.07, 6.45) is 3.34. The highest BCUT2D eigenvalue weighted by Crippen LogP contribution is 2.22. The molecule has 2 aromatic heterocycles. The van der Waals surface area contributed by atoms with E-state index in [0.29, 0.717) is 16.8 Å². The van der Waals surface area contributed by atoms with Gasteiger partial charge in [-0.3, -0.25) is 15.4 Å². The highest BCUT2D eigenvalue weighted by molar-refractivity contribution is 6.15. The van der Waals surface area contributed by atoms with Crippen molar-refractivity contribution in [2.24, 2.45) is 7.05 Å². The minimum atomic E-state index is -0.474. The number of carbonyl (C=O) groups is 1. The number of nitrogen functional groups attached to an aromatic ring is 1. The smallest absolute Gasteiger partial charge is 0.320 e. The third-order valence-electron chi connectivity index (χ3n) is 5.07. The number of carbonyl (C=O) groups excluding carboxylic acids is 1. The Kier molecular flexibility index (Phi) is 5.55. The Labute approximate surface area is 183 Å². The van der Waals surface area contributed by atoms with Crippen molar-refractivity contribution in [2.75, 3.05) is 11.1 Å². The minimum Gasteiger partial charge on any atom is -0.398 e. The standard InChI is InChI=1S/C23H22FN7O/c1-13(14-3-6-17(24)7-4-14)28-23(32)29-21-10-19(25)18(11-27-21)22(26)15-5-8-20-16(9-15)12-31(2)30-20/h3-13,26H,1-2H3,(H4,25,27,28,29,32). The van der Waals surface area contributed by atoms with Gasteiger partial charge in [0.05, 0.1) is 17.3 Å². The van der Waals surface area contributed by atoms with Crippen molar-refractivity contribution in [3.8, 4) is 0 Å². The third kappa shape index (κ3) is 4.41. The molecule has 8 nitrogen and oxygen atoms in total. The van der Waals surface area contributed by atoms with Crippen molar-refractivity contribution in [1.82, 2.24) is 20.1 Å². The normalized spacial score (nSPS) is 11.8. The summed E-state index contributed by atoms with van der Waals surface area (Å²) in [6.45, 7) is 1.79. The van der Waals surface area contributed by atoms with Gasteiger partial charge in [-0.15, -0.1) is 0 Å². The van der Waals surface area contributed by atoms with Crippen molar-refractivity contribution >= 4 is 34.2 Å². The molecular formula is C23H22FN7O. The van der Waals surface area contributed by atoms with Crippen molar-refractivity contribution < 1.29 is 9.18 Å². The highest BCUT2D eigenvalue weighted by Gasteiger charge is 2.14. The number of hydrogen-bond acceptors (Lipinski definition) is 5. The first-order chi connectivity index (χ1) is 15.3. The van der Waals surface area contributed by atoms with Gasteiger partial charge in [0.2, 0.25) is 0 Å². The Morgan fingerprint density at radius 3 is 2.66 bits per heavy atom. The molecule has 0 saturated carbocycles. The number of fused-ring (bicyclic) bond motifs is 1. The Hall–Kier alpha value is -4.27. The van der Waals surface area contributed by atoms with Crippen LogP contribution in [-0.2, 0) is 7.05 Å². The minimum absolute atomic E-state index is 0.224. The van der Waals surface area contributed by atoms with Crippen LogP contribution in [0.25, 0.3) is 10.9 Å². The van der Waals surface area contributed by atoms with E-state index in [4.69, 9.17) is 11.1 Å². The lowest BCUT2D eigenvalue weighted by atomic mass is 10.0. The molecule has 0 aliphatic heterocycles. The summed E-state index contributed by atoms with van der Waals surface area (Å²) in [5, 5.41) is 19.2. The summed E-state index contributed by atoms with van der Waals surface area (Å²) in [6, 6.07) is 12.1. The van der Waals surface area contributed by atoms with Crippen LogP contribution < -0.4 is 16.4 Å². The van der Waals surface area contributed by atoms with Gasteiger partial charge in [-0.1, -0.05) is 18.2 Å². The molecule has 162 valence electrons. The maximum atomic E-state index is 13.1. The summed E-state index contributed by atoms with van der Waals surface area (Å²) in [5.74, 6) is -0.0818. The van der Waals surface area contributed by atoms with Crippen molar-refractivity contribution in [2.45, 2.75) is 13.0 Å². The number of benzene rings is 2. The molecule has 0 radical (unpaired) electrons. The first-order valence-electron chi connectivity index (χ1n) is 9.91. The molecule has 0 bridgehead atoms. The second kappa shape index (κ2) is 8.46. The quantitative estimate of drug-likeness (QED) is 0.357. The Bertz CT molecular complexity index is 1310. The molecule has 0 spiro atoms. The average Bonchev–Trinajstić information content (AvgIpc) is 3.13. The summed E-state index contributed by atoms with van der Waals surface area (Å²) < 4.78 is 14.8. The number of hydrogen-bond donors (Lipinski definition) is 4. The molecule has 9 heteroatoms. The number of aromatic nitrogens is 3. The van der Waals surface area contributed by atoms with Gasteiger partial charge in [0.1, 0.15) is 11.6 Å². The molecule has 1 atom stereocenters. The number of nitrogens with zero attached hydrogens (tertiary/aromatic N) is 3. The zero-order valence-electron chi connectivity index (χ0n) is 17.6.